The molecule has 1 saturated heterocycles. The highest BCUT2D eigenvalue weighted by atomic mass is 35.5. The summed E-state index contributed by atoms with van der Waals surface area (Å²) in [5, 5.41) is 4.27. The van der Waals surface area contributed by atoms with Crippen molar-refractivity contribution in [2.45, 2.75) is 38.1 Å². The normalized spacial score (nSPS) is 18.1. The van der Waals surface area contributed by atoms with E-state index >= 15 is 0 Å². The van der Waals surface area contributed by atoms with Crippen LogP contribution in [0.3, 0.4) is 0 Å². The Balaban J connectivity index is 1.56. The van der Waals surface area contributed by atoms with Crippen molar-refractivity contribution in [3.63, 3.8) is 0 Å². The van der Waals surface area contributed by atoms with Crippen LogP contribution in [0, 0.1) is 0 Å². The first-order chi connectivity index (χ1) is 11.8. The zero-order valence-electron chi connectivity index (χ0n) is 13.5. The molecule has 0 aromatic carbocycles. The van der Waals surface area contributed by atoms with Gasteiger partial charge in [-0.2, -0.15) is 0 Å². The van der Waals surface area contributed by atoms with Crippen molar-refractivity contribution in [2.75, 3.05) is 6.54 Å². The molecule has 24 heavy (non-hydrogen) atoms. The van der Waals surface area contributed by atoms with E-state index in [1.165, 1.54) is 19.3 Å². The minimum Gasteiger partial charge on any atom is -0.314 e. The molecule has 3 aromatic rings. The lowest BCUT2D eigenvalue weighted by Gasteiger charge is -2.23. The lowest BCUT2D eigenvalue weighted by atomic mass is 9.99. The van der Waals surface area contributed by atoms with E-state index in [0.717, 1.165) is 42.1 Å². The van der Waals surface area contributed by atoms with Crippen molar-refractivity contribution < 1.29 is 0 Å². The second kappa shape index (κ2) is 6.87. The molecule has 1 unspecified atom stereocenters. The minimum atomic E-state index is 0.617. The molecule has 1 aliphatic heterocycles. The largest absolute Gasteiger partial charge is 0.314 e. The van der Waals surface area contributed by atoms with Gasteiger partial charge in [-0.25, -0.2) is 15.0 Å². The molecule has 0 aliphatic carbocycles. The molecule has 0 bridgehead atoms. The van der Waals surface area contributed by atoms with E-state index in [0.29, 0.717) is 11.1 Å². The number of aromatic nitrogens is 4. The van der Waals surface area contributed by atoms with Crippen molar-refractivity contribution >= 4 is 17.2 Å². The smallest absolute Gasteiger partial charge is 0.137 e. The highest BCUT2D eigenvalue weighted by molar-refractivity contribution is 6.30. The molecular weight excluding hydrogens is 322 g/mol. The Morgan fingerprint density at radius 2 is 2.17 bits per heavy atom. The fraction of sp³-hybridized carbons (Fsp3) is 0.389. The van der Waals surface area contributed by atoms with Gasteiger partial charge in [0, 0.05) is 17.9 Å². The minimum absolute atomic E-state index is 0.617. The number of fused-ring (bicyclic) bond motifs is 1. The Labute approximate surface area is 146 Å². The average Bonchev–Trinajstić information content (AvgIpc) is 3.04. The first kappa shape index (κ1) is 15.5. The van der Waals surface area contributed by atoms with Gasteiger partial charge < -0.3 is 5.32 Å². The number of rotatable bonds is 4. The van der Waals surface area contributed by atoms with Gasteiger partial charge in [0.15, 0.2) is 0 Å². The molecule has 0 amide bonds. The first-order valence-corrected chi connectivity index (χ1v) is 8.85. The third-order valence-corrected chi connectivity index (χ3v) is 4.84. The highest BCUT2D eigenvalue weighted by Gasteiger charge is 2.13. The lowest BCUT2D eigenvalue weighted by Crippen LogP contribution is -2.34. The van der Waals surface area contributed by atoms with Crippen LogP contribution in [0.2, 0.25) is 5.02 Å². The standard InChI is InChI=1S/C18H20ClN5/c19-13-4-7-18-21-10-17(24(18)11-13)16-9-15(22-12-23-16)6-5-14-3-1-2-8-20-14/h4,7,9-12,14,20H,1-3,5-6,8H2. The monoisotopic (exact) mass is 341 g/mol. The van der Waals surface area contributed by atoms with Crippen LogP contribution in [0.25, 0.3) is 17.0 Å². The summed E-state index contributed by atoms with van der Waals surface area (Å²) in [6.07, 6.45) is 11.3. The van der Waals surface area contributed by atoms with E-state index in [2.05, 4.69) is 26.3 Å². The molecule has 0 radical (unpaired) electrons. The maximum Gasteiger partial charge on any atom is 0.137 e. The van der Waals surface area contributed by atoms with Gasteiger partial charge in [-0.1, -0.05) is 18.0 Å². The molecule has 5 nitrogen and oxygen atoms in total. The Morgan fingerprint density at radius 3 is 3.04 bits per heavy atom. The molecule has 1 atom stereocenters. The van der Waals surface area contributed by atoms with Crippen LogP contribution in [-0.4, -0.2) is 31.9 Å². The van der Waals surface area contributed by atoms with E-state index in [1.54, 1.807) is 6.33 Å². The molecule has 124 valence electrons. The molecule has 1 N–H and O–H groups in total. The summed E-state index contributed by atoms with van der Waals surface area (Å²) in [5.41, 5.74) is 3.75. The molecule has 3 aromatic heterocycles. The van der Waals surface area contributed by atoms with Crippen molar-refractivity contribution in [1.82, 2.24) is 24.7 Å². The van der Waals surface area contributed by atoms with E-state index in [1.807, 2.05) is 28.9 Å². The van der Waals surface area contributed by atoms with Gasteiger partial charge >= 0.3 is 0 Å². The van der Waals surface area contributed by atoms with E-state index in [4.69, 9.17) is 11.6 Å². The van der Waals surface area contributed by atoms with Gasteiger partial charge in [0.25, 0.3) is 0 Å². The summed E-state index contributed by atoms with van der Waals surface area (Å²) in [7, 11) is 0. The number of pyridine rings is 1. The number of imidazole rings is 1. The Kier molecular flexibility index (Phi) is 4.45. The number of aryl methyl sites for hydroxylation is 1. The summed E-state index contributed by atoms with van der Waals surface area (Å²) < 4.78 is 1.97. The third-order valence-electron chi connectivity index (χ3n) is 4.62. The van der Waals surface area contributed by atoms with Gasteiger partial charge in [-0.15, -0.1) is 0 Å². The summed E-state index contributed by atoms with van der Waals surface area (Å²) >= 11 is 6.11. The Hall–Kier alpha value is -1.98. The molecular formula is C18H20ClN5. The number of hydrogen-bond donors (Lipinski definition) is 1. The van der Waals surface area contributed by atoms with Crippen molar-refractivity contribution in [2.24, 2.45) is 0 Å². The predicted octanol–water partition coefficient (Wildman–Crippen LogP) is 3.52. The number of piperidine rings is 1. The molecule has 0 spiro atoms. The van der Waals surface area contributed by atoms with Crippen molar-refractivity contribution in [1.29, 1.82) is 0 Å². The molecule has 1 fully saturated rings. The fourth-order valence-corrected chi connectivity index (χ4v) is 3.47. The molecule has 4 heterocycles. The maximum absolute atomic E-state index is 6.11. The third kappa shape index (κ3) is 3.28. The fourth-order valence-electron chi connectivity index (χ4n) is 3.31. The number of nitrogens with one attached hydrogen (secondary N) is 1. The Morgan fingerprint density at radius 1 is 1.21 bits per heavy atom. The molecule has 6 heteroatoms. The van der Waals surface area contributed by atoms with Gasteiger partial charge in [-0.3, -0.25) is 4.40 Å². The summed E-state index contributed by atoms with van der Waals surface area (Å²) in [6.45, 7) is 1.14. The molecule has 0 saturated carbocycles. The van der Waals surface area contributed by atoms with E-state index < -0.39 is 0 Å². The van der Waals surface area contributed by atoms with Gasteiger partial charge in [-0.05, 0) is 50.4 Å². The van der Waals surface area contributed by atoms with Gasteiger partial charge in [0.1, 0.15) is 12.0 Å². The van der Waals surface area contributed by atoms with E-state index in [9.17, 15) is 0 Å². The molecule has 1 aliphatic rings. The van der Waals surface area contributed by atoms with Crippen LogP contribution in [0.15, 0.2) is 36.9 Å². The van der Waals surface area contributed by atoms with E-state index in [-0.39, 0.29) is 0 Å². The highest BCUT2D eigenvalue weighted by Crippen LogP contribution is 2.22. The zero-order valence-corrected chi connectivity index (χ0v) is 14.2. The SMILES string of the molecule is Clc1ccc2ncc(-c3cc(CCC4CCCCN4)ncn3)n2c1. The van der Waals surface area contributed by atoms with Crippen LogP contribution < -0.4 is 5.32 Å². The number of halogens is 1. The van der Waals surface area contributed by atoms with Crippen molar-refractivity contribution in [3.05, 3.63) is 47.6 Å². The van der Waals surface area contributed by atoms with Crippen molar-refractivity contribution in [3.8, 4) is 11.4 Å². The van der Waals surface area contributed by atoms with Gasteiger partial charge in [0.2, 0.25) is 0 Å². The number of hydrogen-bond acceptors (Lipinski definition) is 4. The second-order valence-corrected chi connectivity index (χ2v) is 6.74. The van der Waals surface area contributed by atoms with Crippen LogP contribution in [-0.2, 0) is 6.42 Å². The average molecular weight is 342 g/mol. The predicted molar refractivity (Wildman–Crippen MR) is 95.2 cm³/mol. The first-order valence-electron chi connectivity index (χ1n) is 8.47. The summed E-state index contributed by atoms with van der Waals surface area (Å²) in [4.78, 5) is 13.3. The zero-order chi connectivity index (χ0) is 16.4. The van der Waals surface area contributed by atoms with Crippen LogP contribution in [0.1, 0.15) is 31.4 Å². The van der Waals surface area contributed by atoms with Crippen LogP contribution >= 0.6 is 11.6 Å². The summed E-state index contributed by atoms with van der Waals surface area (Å²) in [6, 6.07) is 6.43. The molecule has 4 rings (SSSR count). The van der Waals surface area contributed by atoms with Crippen LogP contribution in [0.4, 0.5) is 0 Å². The second-order valence-electron chi connectivity index (χ2n) is 6.30. The summed E-state index contributed by atoms with van der Waals surface area (Å²) in [5.74, 6) is 0. The maximum atomic E-state index is 6.11. The topological polar surface area (TPSA) is 55.1 Å². The quantitative estimate of drug-likeness (QED) is 0.789. The van der Waals surface area contributed by atoms with Gasteiger partial charge in [0.05, 0.1) is 22.6 Å². The number of nitrogens with zero attached hydrogens (tertiary/aromatic N) is 4. The lowest BCUT2D eigenvalue weighted by molar-refractivity contribution is 0.382. The Bertz CT molecular complexity index is 838. The van der Waals surface area contributed by atoms with Crippen LogP contribution in [0.5, 0.6) is 0 Å².